The Labute approximate surface area is 178 Å². The molecule has 0 saturated carbocycles. The summed E-state index contributed by atoms with van der Waals surface area (Å²) in [5.74, 6) is -3.13. The number of halogens is 2. The number of nitrogens with zero attached hydrogens (tertiary/aromatic N) is 1. The fourth-order valence-electron chi connectivity index (χ4n) is 3.11. The molecule has 0 radical (unpaired) electrons. The summed E-state index contributed by atoms with van der Waals surface area (Å²) in [6, 6.07) is 13.3. The summed E-state index contributed by atoms with van der Waals surface area (Å²) in [6.07, 6.45) is -0.0515. The fourth-order valence-corrected chi connectivity index (χ4v) is 4.15. The number of carboxylic acid groups (broad SMARTS) is 1. The van der Waals surface area contributed by atoms with E-state index in [0.717, 1.165) is 28.1 Å². The Morgan fingerprint density at radius 3 is 2.57 bits per heavy atom. The first-order valence-corrected chi connectivity index (χ1v) is 10.3. The number of hydrogen-bond donors (Lipinski definition) is 1. The molecule has 1 heterocycles. The van der Waals surface area contributed by atoms with Gasteiger partial charge in [-0.05, 0) is 24.6 Å². The zero-order chi connectivity index (χ0) is 21.9. The van der Waals surface area contributed by atoms with Gasteiger partial charge in [0.05, 0.1) is 18.7 Å². The molecule has 0 aliphatic rings. The first kappa shape index (κ1) is 21.9. The lowest BCUT2D eigenvalue weighted by Crippen LogP contribution is -2.09. The maximum absolute atomic E-state index is 13.4. The average molecular weight is 432 g/mol. The van der Waals surface area contributed by atoms with E-state index in [1.165, 1.54) is 23.5 Å². The Morgan fingerprint density at radius 2 is 1.93 bits per heavy atom. The van der Waals surface area contributed by atoms with Crippen molar-refractivity contribution in [1.29, 1.82) is 0 Å². The van der Waals surface area contributed by atoms with Crippen molar-refractivity contribution in [2.24, 2.45) is 0 Å². The third-order valence-electron chi connectivity index (χ3n) is 4.69. The van der Waals surface area contributed by atoms with Gasteiger partial charge in [0.1, 0.15) is 10.8 Å². The lowest BCUT2D eigenvalue weighted by atomic mass is 10.1. The van der Waals surface area contributed by atoms with Gasteiger partial charge in [-0.15, -0.1) is 11.3 Å². The Hall–Kier alpha value is -2.80. The number of hydrogen-bond acceptors (Lipinski definition) is 4. The van der Waals surface area contributed by atoms with E-state index in [0.29, 0.717) is 17.9 Å². The fraction of sp³-hybridized carbons (Fsp3) is 0.304. The highest BCUT2D eigenvalue weighted by Crippen LogP contribution is 2.34. The van der Waals surface area contributed by atoms with Crippen LogP contribution in [0.5, 0.6) is 5.75 Å². The maximum Gasteiger partial charge on any atom is 0.307 e. The third kappa shape index (κ3) is 5.42. The highest BCUT2D eigenvalue weighted by molar-refractivity contribution is 7.15. The zero-order valence-electron chi connectivity index (χ0n) is 17.0. The topological polar surface area (TPSA) is 59.4 Å². The molecule has 4 nitrogen and oxygen atoms in total. The molecule has 0 saturated heterocycles. The summed E-state index contributed by atoms with van der Waals surface area (Å²) in [7, 11) is 0. The standard InChI is InChI=1S/C23H23F2NO3S/c1-14(13-29-19-6-4-5-16(11-19)12-20(27)28)21-15(2)30-22(26-21)17-7-9-18(10-8-17)23(3,24)25/h4-11,14H,12-13H2,1-3H3,(H,27,28)/t14-/m1/s1. The second kappa shape index (κ2) is 8.92. The molecule has 1 N–H and O–H groups in total. The lowest BCUT2D eigenvalue weighted by molar-refractivity contribution is -0.136. The van der Waals surface area contributed by atoms with Gasteiger partial charge in [-0.2, -0.15) is 0 Å². The summed E-state index contributed by atoms with van der Waals surface area (Å²) >= 11 is 1.52. The van der Waals surface area contributed by atoms with Crippen molar-refractivity contribution in [3.63, 3.8) is 0 Å². The molecule has 0 spiro atoms. The van der Waals surface area contributed by atoms with Crippen LogP contribution in [0.25, 0.3) is 10.6 Å². The van der Waals surface area contributed by atoms with Crippen LogP contribution in [0.15, 0.2) is 48.5 Å². The zero-order valence-corrected chi connectivity index (χ0v) is 17.8. The van der Waals surface area contributed by atoms with Gasteiger partial charge in [-0.1, -0.05) is 43.3 Å². The number of rotatable bonds is 8. The minimum Gasteiger partial charge on any atom is -0.493 e. The van der Waals surface area contributed by atoms with E-state index >= 15 is 0 Å². The van der Waals surface area contributed by atoms with Gasteiger partial charge in [-0.25, -0.2) is 13.8 Å². The minimum absolute atomic E-state index is 0.0115. The van der Waals surface area contributed by atoms with Crippen LogP contribution in [-0.4, -0.2) is 22.7 Å². The molecular weight excluding hydrogens is 408 g/mol. The number of benzene rings is 2. The van der Waals surface area contributed by atoms with Crippen LogP contribution in [0.1, 0.15) is 41.5 Å². The molecule has 158 valence electrons. The second-order valence-electron chi connectivity index (χ2n) is 7.36. The van der Waals surface area contributed by atoms with E-state index in [1.54, 1.807) is 36.4 Å². The van der Waals surface area contributed by atoms with E-state index in [4.69, 9.17) is 14.8 Å². The van der Waals surface area contributed by atoms with Gasteiger partial charge in [0.2, 0.25) is 0 Å². The Bertz CT molecular complexity index is 1030. The van der Waals surface area contributed by atoms with Gasteiger partial charge >= 0.3 is 5.97 Å². The smallest absolute Gasteiger partial charge is 0.307 e. The van der Waals surface area contributed by atoms with Crippen molar-refractivity contribution in [3.8, 4) is 16.3 Å². The van der Waals surface area contributed by atoms with Crippen molar-refractivity contribution < 1.29 is 23.4 Å². The molecule has 0 aliphatic carbocycles. The SMILES string of the molecule is Cc1sc(-c2ccc(C(C)(F)F)cc2)nc1[C@H](C)COc1cccc(CC(=O)O)c1. The Kier molecular flexibility index (Phi) is 6.51. The van der Waals surface area contributed by atoms with Crippen LogP contribution >= 0.6 is 11.3 Å². The van der Waals surface area contributed by atoms with Crippen LogP contribution in [0, 0.1) is 6.92 Å². The molecule has 0 aliphatic heterocycles. The highest BCUT2D eigenvalue weighted by atomic mass is 32.1. The molecule has 1 aromatic heterocycles. The second-order valence-corrected chi connectivity index (χ2v) is 8.56. The van der Waals surface area contributed by atoms with E-state index in [9.17, 15) is 13.6 Å². The summed E-state index contributed by atoms with van der Waals surface area (Å²) in [6.45, 7) is 5.26. The number of ether oxygens (including phenoxy) is 1. The molecule has 1 atom stereocenters. The molecule has 3 rings (SSSR count). The quantitative estimate of drug-likeness (QED) is 0.472. The predicted molar refractivity (Wildman–Crippen MR) is 114 cm³/mol. The maximum atomic E-state index is 13.4. The number of carboxylic acids is 1. The molecule has 2 aromatic carbocycles. The van der Waals surface area contributed by atoms with Crippen LogP contribution in [0.3, 0.4) is 0 Å². The number of alkyl halides is 2. The average Bonchev–Trinajstić information content (AvgIpc) is 3.07. The van der Waals surface area contributed by atoms with Gasteiger partial charge < -0.3 is 9.84 Å². The Balaban J connectivity index is 1.70. The largest absolute Gasteiger partial charge is 0.493 e. The van der Waals surface area contributed by atoms with Crippen LogP contribution in [0.4, 0.5) is 8.78 Å². The molecule has 7 heteroatoms. The van der Waals surface area contributed by atoms with Crippen LogP contribution < -0.4 is 4.74 Å². The van der Waals surface area contributed by atoms with Crippen LogP contribution in [-0.2, 0) is 17.1 Å². The van der Waals surface area contributed by atoms with Crippen molar-refractivity contribution in [2.45, 2.75) is 39.0 Å². The molecule has 0 bridgehead atoms. The molecule has 30 heavy (non-hydrogen) atoms. The monoisotopic (exact) mass is 431 g/mol. The number of aliphatic carboxylic acids is 1. The van der Waals surface area contributed by atoms with Gasteiger partial charge in [-0.3, -0.25) is 4.79 Å². The molecule has 0 unspecified atom stereocenters. The molecule has 3 aromatic rings. The summed E-state index contributed by atoms with van der Waals surface area (Å²) in [5, 5.41) is 9.70. The van der Waals surface area contributed by atoms with E-state index in [2.05, 4.69) is 0 Å². The van der Waals surface area contributed by atoms with Gasteiger partial charge in [0, 0.05) is 28.8 Å². The molecule has 0 amide bonds. The van der Waals surface area contributed by atoms with Crippen molar-refractivity contribution >= 4 is 17.3 Å². The molecule has 0 fully saturated rings. The summed E-state index contributed by atoms with van der Waals surface area (Å²) in [4.78, 5) is 16.6. The van der Waals surface area contributed by atoms with E-state index in [-0.39, 0.29) is 17.9 Å². The summed E-state index contributed by atoms with van der Waals surface area (Å²) < 4.78 is 32.7. The lowest BCUT2D eigenvalue weighted by Gasteiger charge is -2.13. The normalized spacial score (nSPS) is 12.6. The molecular formula is C23H23F2NO3S. The summed E-state index contributed by atoms with van der Waals surface area (Å²) in [5.41, 5.74) is 2.37. The van der Waals surface area contributed by atoms with Crippen LogP contribution in [0.2, 0.25) is 0 Å². The first-order chi connectivity index (χ1) is 14.1. The van der Waals surface area contributed by atoms with Crippen molar-refractivity contribution in [1.82, 2.24) is 4.98 Å². The third-order valence-corrected chi connectivity index (χ3v) is 5.73. The first-order valence-electron chi connectivity index (χ1n) is 9.53. The van der Waals surface area contributed by atoms with Crippen molar-refractivity contribution in [2.75, 3.05) is 6.61 Å². The van der Waals surface area contributed by atoms with Gasteiger partial charge in [0.15, 0.2) is 0 Å². The Morgan fingerprint density at radius 1 is 1.23 bits per heavy atom. The number of aryl methyl sites for hydroxylation is 1. The predicted octanol–water partition coefficient (Wildman–Crippen LogP) is 6.04. The minimum atomic E-state index is -2.86. The highest BCUT2D eigenvalue weighted by Gasteiger charge is 2.24. The number of thiazole rings is 1. The van der Waals surface area contributed by atoms with E-state index < -0.39 is 11.9 Å². The number of carbonyl (C=O) groups is 1. The van der Waals surface area contributed by atoms with Gasteiger partial charge in [0.25, 0.3) is 5.92 Å². The van der Waals surface area contributed by atoms with Crippen molar-refractivity contribution in [3.05, 3.63) is 70.2 Å². The van der Waals surface area contributed by atoms with E-state index in [1.807, 2.05) is 13.8 Å². The number of aromatic nitrogens is 1.